The van der Waals surface area contributed by atoms with Crippen LogP contribution in [-0.4, -0.2) is 28.0 Å². The summed E-state index contributed by atoms with van der Waals surface area (Å²) in [4.78, 5) is 8.61. The predicted octanol–water partition coefficient (Wildman–Crippen LogP) is 2.49. The van der Waals surface area contributed by atoms with Crippen LogP contribution in [0.5, 0.6) is 0 Å². The van der Waals surface area contributed by atoms with Crippen LogP contribution < -0.4 is 5.32 Å². The number of amidine groups is 1. The number of nitrogens with zero attached hydrogens (tertiary/aromatic N) is 2. The van der Waals surface area contributed by atoms with Crippen LogP contribution in [0.2, 0.25) is 0 Å². The lowest BCUT2D eigenvalue weighted by Crippen LogP contribution is -2.38. The van der Waals surface area contributed by atoms with E-state index in [9.17, 15) is 0 Å². The first-order valence-electron chi connectivity index (χ1n) is 6.00. The van der Waals surface area contributed by atoms with Crippen molar-refractivity contribution in [2.75, 3.05) is 12.3 Å². The van der Waals surface area contributed by atoms with Crippen molar-refractivity contribution in [2.24, 2.45) is 4.99 Å². The second-order valence-corrected chi connectivity index (χ2v) is 6.03. The number of pyridine rings is 1. The highest BCUT2D eigenvalue weighted by Gasteiger charge is 2.24. The molecule has 0 saturated heterocycles. The van der Waals surface area contributed by atoms with E-state index in [4.69, 9.17) is 0 Å². The summed E-state index contributed by atoms with van der Waals surface area (Å²) < 4.78 is 0. The van der Waals surface area contributed by atoms with Crippen LogP contribution in [0.1, 0.15) is 25.8 Å². The van der Waals surface area contributed by atoms with E-state index in [1.54, 1.807) is 0 Å². The lowest BCUT2D eigenvalue weighted by Gasteiger charge is -2.17. The molecule has 0 amide bonds. The molecular formula is C13H19N3S. The van der Waals surface area contributed by atoms with E-state index in [1.807, 2.05) is 30.2 Å². The van der Waals surface area contributed by atoms with Crippen LogP contribution in [0.15, 0.2) is 29.5 Å². The summed E-state index contributed by atoms with van der Waals surface area (Å²) in [5.74, 6) is 1.11. The van der Waals surface area contributed by atoms with Crippen molar-refractivity contribution in [1.82, 2.24) is 10.3 Å². The van der Waals surface area contributed by atoms with Crippen LogP contribution in [0.3, 0.4) is 0 Å². The van der Waals surface area contributed by atoms with Gasteiger partial charge in [0.05, 0.1) is 12.1 Å². The van der Waals surface area contributed by atoms with Gasteiger partial charge in [-0.15, -0.1) is 0 Å². The van der Waals surface area contributed by atoms with E-state index >= 15 is 0 Å². The number of hydrogen-bond donors (Lipinski definition) is 1. The topological polar surface area (TPSA) is 37.3 Å². The molecule has 1 aliphatic heterocycles. The molecule has 4 heteroatoms. The van der Waals surface area contributed by atoms with Crippen molar-refractivity contribution in [2.45, 2.75) is 32.2 Å². The van der Waals surface area contributed by atoms with Gasteiger partial charge in [-0.3, -0.25) is 9.98 Å². The fraction of sp³-hybridized carbons (Fsp3) is 0.538. The molecule has 1 aliphatic rings. The molecule has 0 fully saturated rings. The molecule has 0 aliphatic carbocycles. The molecule has 17 heavy (non-hydrogen) atoms. The molecule has 0 bridgehead atoms. The first-order chi connectivity index (χ1) is 8.16. The van der Waals surface area contributed by atoms with Gasteiger partial charge >= 0.3 is 0 Å². The Morgan fingerprint density at radius 3 is 3.00 bits per heavy atom. The third-order valence-electron chi connectivity index (χ3n) is 2.63. The van der Waals surface area contributed by atoms with Gasteiger partial charge in [0.2, 0.25) is 0 Å². The Kier molecular flexibility index (Phi) is 4.05. The summed E-state index contributed by atoms with van der Waals surface area (Å²) in [7, 11) is 0. The third-order valence-corrected chi connectivity index (χ3v) is 3.63. The van der Waals surface area contributed by atoms with Gasteiger partial charge < -0.3 is 5.32 Å². The van der Waals surface area contributed by atoms with E-state index in [-0.39, 0.29) is 5.54 Å². The van der Waals surface area contributed by atoms with Crippen molar-refractivity contribution in [3.63, 3.8) is 0 Å². The first kappa shape index (κ1) is 12.4. The maximum Gasteiger partial charge on any atom is 0.157 e. The minimum absolute atomic E-state index is 0.145. The van der Waals surface area contributed by atoms with Gasteiger partial charge in [-0.05, 0) is 38.3 Å². The van der Waals surface area contributed by atoms with Gasteiger partial charge in [0.25, 0.3) is 0 Å². The highest BCUT2D eigenvalue weighted by atomic mass is 32.2. The van der Waals surface area contributed by atoms with E-state index in [0.29, 0.717) is 0 Å². The zero-order valence-corrected chi connectivity index (χ0v) is 11.3. The molecule has 0 aromatic carbocycles. The Labute approximate surface area is 107 Å². The fourth-order valence-electron chi connectivity index (χ4n) is 1.71. The highest BCUT2D eigenvalue weighted by molar-refractivity contribution is 8.13. The summed E-state index contributed by atoms with van der Waals surface area (Å²) in [6, 6.07) is 4.12. The number of thioether (sulfide) groups is 1. The first-order valence-corrected chi connectivity index (χ1v) is 6.99. The number of aromatic nitrogens is 1. The lowest BCUT2D eigenvalue weighted by molar-refractivity contribution is 0.508. The van der Waals surface area contributed by atoms with Gasteiger partial charge in [0.1, 0.15) is 0 Å². The molecule has 1 aromatic rings. The van der Waals surface area contributed by atoms with Gasteiger partial charge in [-0.25, -0.2) is 0 Å². The Morgan fingerprint density at radius 1 is 1.47 bits per heavy atom. The average molecular weight is 249 g/mol. The average Bonchev–Trinajstić information content (AvgIpc) is 2.66. The molecule has 1 aromatic heterocycles. The normalized spacial score (nSPS) is 17.6. The number of nitrogens with one attached hydrogen (secondary N) is 1. The smallest absolute Gasteiger partial charge is 0.157 e. The highest BCUT2D eigenvalue weighted by Crippen LogP contribution is 2.17. The molecule has 2 rings (SSSR count). The van der Waals surface area contributed by atoms with E-state index in [2.05, 4.69) is 35.2 Å². The summed E-state index contributed by atoms with van der Waals surface area (Å²) in [5.41, 5.74) is 1.46. The van der Waals surface area contributed by atoms with Crippen LogP contribution in [0.4, 0.5) is 0 Å². The molecule has 0 atom stereocenters. The Morgan fingerprint density at radius 2 is 2.35 bits per heavy atom. The van der Waals surface area contributed by atoms with E-state index in [0.717, 1.165) is 30.3 Å². The molecule has 92 valence electrons. The van der Waals surface area contributed by atoms with Crippen molar-refractivity contribution in [1.29, 1.82) is 0 Å². The summed E-state index contributed by atoms with van der Waals surface area (Å²) >= 11 is 1.82. The zero-order valence-electron chi connectivity index (χ0n) is 10.4. The SMILES string of the molecule is CC1(C)CN=C(SCCCc2cccnc2)N1. The third kappa shape index (κ3) is 4.04. The van der Waals surface area contributed by atoms with Gasteiger partial charge in [0.15, 0.2) is 5.17 Å². The zero-order chi connectivity index (χ0) is 12.1. The van der Waals surface area contributed by atoms with E-state index < -0.39 is 0 Å². The molecule has 0 spiro atoms. The fourth-order valence-corrected chi connectivity index (χ4v) is 2.70. The second-order valence-electron chi connectivity index (χ2n) is 4.94. The van der Waals surface area contributed by atoms with Crippen LogP contribution in [0.25, 0.3) is 0 Å². The maximum atomic E-state index is 4.49. The minimum atomic E-state index is 0.145. The van der Waals surface area contributed by atoms with Crippen molar-refractivity contribution < 1.29 is 0 Å². The largest absolute Gasteiger partial charge is 0.358 e. The molecule has 1 N–H and O–H groups in total. The Balaban J connectivity index is 1.65. The van der Waals surface area contributed by atoms with Crippen molar-refractivity contribution in [3.05, 3.63) is 30.1 Å². The number of aryl methyl sites for hydroxylation is 1. The van der Waals surface area contributed by atoms with Crippen LogP contribution in [0, 0.1) is 0 Å². The van der Waals surface area contributed by atoms with E-state index in [1.165, 1.54) is 5.56 Å². The number of rotatable bonds is 4. The second kappa shape index (κ2) is 5.54. The lowest BCUT2D eigenvalue weighted by atomic mass is 10.1. The summed E-state index contributed by atoms with van der Waals surface area (Å²) in [6.07, 6.45) is 6.02. The van der Waals surface area contributed by atoms with Crippen molar-refractivity contribution >= 4 is 16.9 Å². The monoisotopic (exact) mass is 249 g/mol. The molecule has 3 nitrogen and oxygen atoms in total. The van der Waals surface area contributed by atoms with Crippen molar-refractivity contribution in [3.8, 4) is 0 Å². The maximum absolute atomic E-state index is 4.49. The standard InChI is InChI=1S/C13H19N3S/c1-13(2)10-15-12(16-13)17-8-4-6-11-5-3-7-14-9-11/h3,5,7,9H,4,6,8,10H2,1-2H3,(H,15,16). The van der Waals surface area contributed by atoms with Gasteiger partial charge in [0, 0.05) is 18.1 Å². The van der Waals surface area contributed by atoms with Crippen LogP contribution >= 0.6 is 11.8 Å². The molecule has 0 radical (unpaired) electrons. The van der Waals surface area contributed by atoms with Gasteiger partial charge in [-0.1, -0.05) is 17.8 Å². The Hall–Kier alpha value is -1.03. The minimum Gasteiger partial charge on any atom is -0.358 e. The molecular weight excluding hydrogens is 230 g/mol. The van der Waals surface area contributed by atoms with Crippen LogP contribution in [-0.2, 0) is 6.42 Å². The predicted molar refractivity (Wildman–Crippen MR) is 74.5 cm³/mol. The Bertz CT molecular complexity index is 387. The number of aliphatic imine (C=N–C) groups is 1. The summed E-state index contributed by atoms with van der Waals surface area (Å²) in [6.45, 7) is 5.25. The number of hydrogen-bond acceptors (Lipinski definition) is 4. The quantitative estimate of drug-likeness (QED) is 0.833. The molecule has 2 heterocycles. The van der Waals surface area contributed by atoms with Gasteiger partial charge in [-0.2, -0.15) is 0 Å². The molecule has 0 unspecified atom stereocenters. The molecule has 0 saturated carbocycles. The summed E-state index contributed by atoms with van der Waals surface area (Å²) in [5, 5.41) is 4.53.